The topological polar surface area (TPSA) is 15.3 Å². The zero-order valence-electron chi connectivity index (χ0n) is 16.5. The maximum Gasteiger partial charge on any atom is 0.0373 e. The molecule has 1 atom stereocenters. The number of benzene rings is 2. The first kappa shape index (κ1) is 17.6. The zero-order valence-corrected chi connectivity index (χ0v) is 16.5. The predicted molar refractivity (Wildman–Crippen MR) is 111 cm³/mol. The molecular weight excluding hydrogens is 316 g/mol. The van der Waals surface area contributed by atoms with Crippen LogP contribution >= 0.6 is 0 Å². The van der Waals surface area contributed by atoms with Crippen molar-refractivity contribution in [1.29, 1.82) is 0 Å². The van der Waals surface area contributed by atoms with Gasteiger partial charge >= 0.3 is 0 Å². The molecule has 0 saturated carbocycles. The maximum atomic E-state index is 3.61. The van der Waals surface area contributed by atoms with Crippen molar-refractivity contribution in [2.45, 2.75) is 44.4 Å². The molecule has 0 bridgehead atoms. The smallest absolute Gasteiger partial charge is 0.0373 e. The van der Waals surface area contributed by atoms with Gasteiger partial charge in [-0.05, 0) is 73.5 Å². The summed E-state index contributed by atoms with van der Waals surface area (Å²) in [6.45, 7) is 8.39. The molecule has 2 heteroatoms. The minimum absolute atomic E-state index is 0.261. The van der Waals surface area contributed by atoms with Gasteiger partial charge in [0.05, 0.1) is 0 Å². The Kier molecular flexibility index (Phi) is 4.79. The van der Waals surface area contributed by atoms with E-state index in [1.165, 1.54) is 48.3 Å². The average molecular weight is 349 g/mol. The first-order valence-electron chi connectivity index (χ1n) is 10.1. The van der Waals surface area contributed by atoms with Gasteiger partial charge < -0.3 is 10.2 Å². The van der Waals surface area contributed by atoms with E-state index in [1.54, 1.807) is 0 Å². The Balaban J connectivity index is 1.48. The molecule has 2 aromatic rings. The molecule has 2 aromatic carbocycles. The normalized spacial score (nSPS) is 21.9. The van der Waals surface area contributed by atoms with E-state index in [-0.39, 0.29) is 5.41 Å². The van der Waals surface area contributed by atoms with Gasteiger partial charge in [-0.3, -0.25) is 0 Å². The van der Waals surface area contributed by atoms with Crippen LogP contribution in [-0.4, -0.2) is 31.6 Å². The second-order valence-corrected chi connectivity index (χ2v) is 8.86. The molecule has 0 aromatic heterocycles. The van der Waals surface area contributed by atoms with E-state index in [0.717, 1.165) is 18.9 Å². The lowest BCUT2D eigenvalue weighted by atomic mass is 9.69. The lowest BCUT2D eigenvalue weighted by molar-refractivity contribution is 0.163. The molecule has 0 amide bonds. The summed E-state index contributed by atoms with van der Waals surface area (Å²) in [6, 6.07) is 18.3. The SMILES string of the molecule is CN1CCC(C(C)(C)c2ccc(C3CNc4ccccc4C3)cc2)CC1. The van der Waals surface area contributed by atoms with Gasteiger partial charge in [0.25, 0.3) is 0 Å². The molecule has 0 aliphatic carbocycles. The first-order valence-corrected chi connectivity index (χ1v) is 10.1. The van der Waals surface area contributed by atoms with Gasteiger partial charge in [0.1, 0.15) is 0 Å². The third kappa shape index (κ3) is 3.40. The van der Waals surface area contributed by atoms with Crippen molar-refractivity contribution in [2.24, 2.45) is 5.92 Å². The van der Waals surface area contributed by atoms with Gasteiger partial charge in [0.15, 0.2) is 0 Å². The number of para-hydroxylation sites is 1. The van der Waals surface area contributed by atoms with Crippen molar-refractivity contribution in [2.75, 3.05) is 32.0 Å². The van der Waals surface area contributed by atoms with Crippen molar-refractivity contribution in [3.8, 4) is 0 Å². The lowest BCUT2D eigenvalue weighted by Crippen LogP contribution is -2.39. The summed E-state index contributed by atoms with van der Waals surface area (Å²) in [5.41, 5.74) is 5.98. The van der Waals surface area contributed by atoms with Crippen molar-refractivity contribution in [1.82, 2.24) is 4.90 Å². The van der Waals surface area contributed by atoms with Crippen molar-refractivity contribution in [3.05, 3.63) is 65.2 Å². The lowest BCUT2D eigenvalue weighted by Gasteiger charge is -2.40. The number of hydrogen-bond donors (Lipinski definition) is 1. The number of anilines is 1. The summed E-state index contributed by atoms with van der Waals surface area (Å²) in [4.78, 5) is 2.46. The standard InChI is InChI=1S/C24H32N2/c1-24(2,22-12-14-26(3)15-13-22)21-10-8-18(9-11-21)20-16-19-6-4-5-7-23(19)25-17-20/h4-11,20,22,25H,12-17H2,1-3H3. The van der Waals surface area contributed by atoms with E-state index in [4.69, 9.17) is 0 Å². The molecule has 4 rings (SSSR count). The summed E-state index contributed by atoms with van der Waals surface area (Å²) >= 11 is 0. The Hall–Kier alpha value is -1.80. The van der Waals surface area contributed by atoms with Crippen LogP contribution in [0.1, 0.15) is 49.3 Å². The summed E-state index contributed by atoms with van der Waals surface area (Å²) in [5.74, 6) is 1.36. The first-order chi connectivity index (χ1) is 12.5. The van der Waals surface area contributed by atoms with E-state index in [0.29, 0.717) is 5.92 Å². The fraction of sp³-hybridized carbons (Fsp3) is 0.500. The van der Waals surface area contributed by atoms with E-state index < -0.39 is 0 Å². The molecule has 1 unspecified atom stereocenters. The summed E-state index contributed by atoms with van der Waals surface area (Å²) in [5, 5.41) is 3.61. The second kappa shape index (κ2) is 7.08. The van der Waals surface area contributed by atoms with Crippen molar-refractivity contribution in [3.63, 3.8) is 0 Å². The van der Waals surface area contributed by atoms with Crippen molar-refractivity contribution < 1.29 is 0 Å². The van der Waals surface area contributed by atoms with E-state index in [1.807, 2.05) is 0 Å². The Morgan fingerprint density at radius 3 is 2.38 bits per heavy atom. The zero-order chi connectivity index (χ0) is 18.1. The maximum absolute atomic E-state index is 3.61. The Bertz CT molecular complexity index is 739. The minimum Gasteiger partial charge on any atom is -0.384 e. The number of rotatable bonds is 3. The van der Waals surface area contributed by atoms with E-state index in [9.17, 15) is 0 Å². The number of nitrogens with one attached hydrogen (secondary N) is 1. The quantitative estimate of drug-likeness (QED) is 0.834. The Labute approximate surface area is 158 Å². The number of hydrogen-bond acceptors (Lipinski definition) is 2. The summed E-state index contributed by atoms with van der Waals surface area (Å²) in [7, 11) is 2.24. The van der Waals surface area contributed by atoms with Crippen LogP contribution in [-0.2, 0) is 11.8 Å². The predicted octanol–water partition coefficient (Wildman–Crippen LogP) is 5.06. The summed E-state index contributed by atoms with van der Waals surface area (Å²) < 4.78 is 0. The number of likely N-dealkylation sites (tertiary alicyclic amines) is 1. The van der Waals surface area contributed by atoms with Crippen LogP contribution in [0.2, 0.25) is 0 Å². The number of nitrogens with zero attached hydrogens (tertiary/aromatic N) is 1. The molecule has 26 heavy (non-hydrogen) atoms. The van der Waals surface area contributed by atoms with Gasteiger partial charge in [0.2, 0.25) is 0 Å². The van der Waals surface area contributed by atoms with Gasteiger partial charge in [0, 0.05) is 18.2 Å². The average Bonchev–Trinajstić information content (AvgIpc) is 2.68. The molecule has 2 heterocycles. The van der Waals surface area contributed by atoms with Crippen LogP contribution < -0.4 is 5.32 Å². The Morgan fingerprint density at radius 2 is 1.65 bits per heavy atom. The number of piperidine rings is 1. The molecule has 0 radical (unpaired) electrons. The van der Waals surface area contributed by atoms with Gasteiger partial charge in [-0.2, -0.15) is 0 Å². The van der Waals surface area contributed by atoms with Crippen LogP contribution in [0.5, 0.6) is 0 Å². The molecule has 0 spiro atoms. The van der Waals surface area contributed by atoms with Gasteiger partial charge in [-0.25, -0.2) is 0 Å². The molecule has 138 valence electrons. The molecule has 2 aliphatic rings. The second-order valence-electron chi connectivity index (χ2n) is 8.86. The summed E-state index contributed by atoms with van der Waals surface area (Å²) in [6.07, 6.45) is 3.77. The highest BCUT2D eigenvalue weighted by Gasteiger charge is 2.33. The minimum atomic E-state index is 0.261. The van der Waals surface area contributed by atoms with Crippen molar-refractivity contribution >= 4 is 5.69 Å². The van der Waals surface area contributed by atoms with Gasteiger partial charge in [-0.15, -0.1) is 0 Å². The van der Waals surface area contributed by atoms with E-state index in [2.05, 4.69) is 79.6 Å². The molecule has 2 nitrogen and oxygen atoms in total. The molecule has 1 saturated heterocycles. The monoisotopic (exact) mass is 348 g/mol. The highest BCUT2D eigenvalue weighted by molar-refractivity contribution is 5.54. The molecule has 1 fully saturated rings. The molecule has 2 aliphatic heterocycles. The number of fused-ring (bicyclic) bond motifs is 1. The fourth-order valence-corrected chi connectivity index (χ4v) is 4.83. The van der Waals surface area contributed by atoms with Gasteiger partial charge in [-0.1, -0.05) is 56.3 Å². The fourth-order valence-electron chi connectivity index (χ4n) is 4.83. The van der Waals surface area contributed by atoms with E-state index >= 15 is 0 Å². The highest BCUT2D eigenvalue weighted by Crippen LogP contribution is 2.39. The van der Waals surface area contributed by atoms with Crippen LogP contribution in [0.25, 0.3) is 0 Å². The van der Waals surface area contributed by atoms with Crippen LogP contribution in [0.15, 0.2) is 48.5 Å². The Morgan fingerprint density at radius 1 is 0.962 bits per heavy atom. The third-order valence-corrected chi connectivity index (χ3v) is 6.89. The van der Waals surface area contributed by atoms with Crippen LogP contribution in [0.3, 0.4) is 0 Å². The van der Waals surface area contributed by atoms with Crippen LogP contribution in [0.4, 0.5) is 5.69 Å². The highest BCUT2D eigenvalue weighted by atomic mass is 15.1. The third-order valence-electron chi connectivity index (χ3n) is 6.89. The van der Waals surface area contributed by atoms with Crippen LogP contribution in [0, 0.1) is 5.92 Å². The largest absolute Gasteiger partial charge is 0.384 e. The molecular formula is C24H32N2. The molecule has 1 N–H and O–H groups in total.